The lowest BCUT2D eigenvalue weighted by Crippen LogP contribution is -2.05. The molecule has 2 aromatic rings. The summed E-state index contributed by atoms with van der Waals surface area (Å²) >= 11 is 0. The molecular weight excluding hydrogens is 320 g/mol. The summed E-state index contributed by atoms with van der Waals surface area (Å²) in [5.74, 6) is 0.297. The first kappa shape index (κ1) is 19.2. The van der Waals surface area contributed by atoms with Crippen LogP contribution in [0, 0.1) is 0 Å². The van der Waals surface area contributed by atoms with E-state index in [-0.39, 0.29) is 5.75 Å². The van der Waals surface area contributed by atoms with E-state index in [1.807, 2.05) is 0 Å². The van der Waals surface area contributed by atoms with Crippen LogP contribution in [0.3, 0.4) is 0 Å². The van der Waals surface area contributed by atoms with Crippen molar-refractivity contribution in [1.82, 2.24) is 0 Å². The van der Waals surface area contributed by atoms with Crippen molar-refractivity contribution in [1.29, 1.82) is 0 Å². The lowest BCUT2D eigenvalue weighted by atomic mass is 10.1. The predicted octanol–water partition coefficient (Wildman–Crippen LogP) is 5.03. The fourth-order valence-corrected chi connectivity index (χ4v) is 2.83. The zero-order valence-electron chi connectivity index (χ0n) is 15.2. The van der Waals surface area contributed by atoms with Crippen LogP contribution in [-0.4, -0.2) is 18.8 Å². The number of ether oxygens (including phenoxy) is 2. The standard InChI is InChI=1S/C20H28O5/c1-3-4-5-6-7-8-9-10-13-24-19-16-14-15(23-2)11-12-17(16)25-20(22)18(19)21/h11-12,14,21H,3-10,13H2,1-2H3. The van der Waals surface area contributed by atoms with Gasteiger partial charge in [-0.25, -0.2) is 4.79 Å². The van der Waals surface area contributed by atoms with E-state index in [4.69, 9.17) is 13.9 Å². The minimum atomic E-state index is -0.788. The highest BCUT2D eigenvalue weighted by molar-refractivity contribution is 5.86. The number of hydrogen-bond acceptors (Lipinski definition) is 5. The van der Waals surface area contributed by atoms with E-state index in [2.05, 4.69) is 6.92 Å². The molecule has 0 saturated heterocycles. The summed E-state index contributed by atoms with van der Waals surface area (Å²) in [5, 5.41) is 10.5. The average Bonchev–Trinajstić information content (AvgIpc) is 2.63. The molecule has 5 heteroatoms. The molecule has 1 aromatic carbocycles. The third-order valence-electron chi connectivity index (χ3n) is 4.29. The van der Waals surface area contributed by atoms with Gasteiger partial charge in [-0.1, -0.05) is 51.9 Å². The van der Waals surface area contributed by atoms with Crippen LogP contribution in [0.15, 0.2) is 27.4 Å². The van der Waals surface area contributed by atoms with Crippen LogP contribution in [0.25, 0.3) is 11.0 Å². The van der Waals surface area contributed by atoms with Crippen molar-refractivity contribution in [3.05, 3.63) is 28.6 Å². The van der Waals surface area contributed by atoms with Gasteiger partial charge in [-0.3, -0.25) is 0 Å². The van der Waals surface area contributed by atoms with E-state index in [1.54, 1.807) is 25.3 Å². The summed E-state index contributed by atoms with van der Waals surface area (Å²) in [5.41, 5.74) is -0.418. The van der Waals surface area contributed by atoms with E-state index >= 15 is 0 Å². The highest BCUT2D eigenvalue weighted by Crippen LogP contribution is 2.34. The third-order valence-corrected chi connectivity index (χ3v) is 4.29. The van der Waals surface area contributed by atoms with Crippen LogP contribution < -0.4 is 15.1 Å². The smallest absolute Gasteiger partial charge is 0.382 e. The van der Waals surface area contributed by atoms with Gasteiger partial charge in [-0.05, 0) is 24.6 Å². The molecule has 2 rings (SSSR count). The predicted molar refractivity (Wildman–Crippen MR) is 98.8 cm³/mol. The average molecular weight is 348 g/mol. The Morgan fingerprint density at radius 2 is 1.72 bits per heavy atom. The Kier molecular flexibility index (Phi) is 7.64. The van der Waals surface area contributed by atoms with E-state index in [0.717, 1.165) is 12.8 Å². The van der Waals surface area contributed by atoms with Crippen molar-refractivity contribution in [3.8, 4) is 17.2 Å². The minimum Gasteiger partial charge on any atom is -0.499 e. The van der Waals surface area contributed by atoms with E-state index in [0.29, 0.717) is 23.3 Å². The van der Waals surface area contributed by atoms with Crippen LogP contribution >= 0.6 is 0 Å². The lowest BCUT2D eigenvalue weighted by Gasteiger charge is -2.11. The van der Waals surface area contributed by atoms with Crippen LogP contribution in [0.5, 0.6) is 17.2 Å². The quantitative estimate of drug-likeness (QED) is 0.456. The molecule has 0 spiro atoms. The zero-order valence-corrected chi connectivity index (χ0v) is 15.2. The highest BCUT2D eigenvalue weighted by atomic mass is 16.5. The molecular formula is C20H28O5. The third kappa shape index (κ3) is 5.41. The molecule has 0 unspecified atom stereocenters. The van der Waals surface area contributed by atoms with Gasteiger partial charge in [0.05, 0.1) is 19.1 Å². The second-order valence-corrected chi connectivity index (χ2v) is 6.25. The molecule has 0 fully saturated rings. The summed E-state index contributed by atoms with van der Waals surface area (Å²) in [7, 11) is 1.56. The molecule has 1 N–H and O–H groups in total. The Balaban J connectivity index is 1.91. The molecule has 5 nitrogen and oxygen atoms in total. The Bertz CT molecular complexity index is 720. The fourth-order valence-electron chi connectivity index (χ4n) is 2.83. The van der Waals surface area contributed by atoms with E-state index < -0.39 is 11.4 Å². The largest absolute Gasteiger partial charge is 0.499 e. The molecule has 0 saturated carbocycles. The number of fused-ring (bicyclic) bond motifs is 1. The summed E-state index contributed by atoms with van der Waals surface area (Å²) in [6, 6.07) is 5.03. The van der Waals surface area contributed by atoms with Crippen LogP contribution in [0.1, 0.15) is 58.3 Å². The number of aromatic hydroxyl groups is 1. The molecule has 1 heterocycles. The Hall–Kier alpha value is -2.17. The van der Waals surface area contributed by atoms with Gasteiger partial charge in [0.2, 0.25) is 5.75 Å². The summed E-state index contributed by atoms with van der Waals surface area (Å²) in [4.78, 5) is 11.7. The first-order chi connectivity index (χ1) is 12.2. The first-order valence-electron chi connectivity index (χ1n) is 9.14. The first-order valence-corrected chi connectivity index (χ1v) is 9.14. The topological polar surface area (TPSA) is 68.9 Å². The Morgan fingerprint density at radius 3 is 2.40 bits per heavy atom. The molecule has 0 bridgehead atoms. The van der Waals surface area contributed by atoms with Crippen LogP contribution in [0.2, 0.25) is 0 Å². The van der Waals surface area contributed by atoms with Crippen LogP contribution in [0.4, 0.5) is 0 Å². The molecule has 0 amide bonds. The van der Waals surface area contributed by atoms with Crippen molar-refractivity contribution in [3.63, 3.8) is 0 Å². The Labute approximate surface area is 148 Å². The summed E-state index contributed by atoms with van der Waals surface area (Å²) < 4.78 is 16.0. The van der Waals surface area contributed by atoms with Gasteiger partial charge in [0.15, 0.2) is 5.75 Å². The number of rotatable bonds is 11. The maximum Gasteiger partial charge on any atom is 0.382 e. The molecule has 0 aliphatic carbocycles. The van der Waals surface area contributed by atoms with Gasteiger partial charge in [-0.15, -0.1) is 0 Å². The van der Waals surface area contributed by atoms with Gasteiger partial charge in [0.25, 0.3) is 0 Å². The molecule has 25 heavy (non-hydrogen) atoms. The summed E-state index contributed by atoms with van der Waals surface area (Å²) in [6.07, 6.45) is 9.59. The van der Waals surface area contributed by atoms with Crippen molar-refractivity contribution in [2.75, 3.05) is 13.7 Å². The second-order valence-electron chi connectivity index (χ2n) is 6.25. The maximum absolute atomic E-state index is 11.7. The van der Waals surface area contributed by atoms with Crippen molar-refractivity contribution < 1.29 is 19.0 Å². The number of methoxy groups -OCH3 is 1. The van der Waals surface area contributed by atoms with Crippen LogP contribution in [-0.2, 0) is 0 Å². The van der Waals surface area contributed by atoms with E-state index in [9.17, 15) is 9.90 Å². The van der Waals surface area contributed by atoms with E-state index in [1.165, 1.54) is 38.5 Å². The molecule has 0 atom stereocenters. The second kappa shape index (κ2) is 9.97. The number of unbranched alkanes of at least 4 members (excludes halogenated alkanes) is 7. The Morgan fingerprint density at radius 1 is 1.04 bits per heavy atom. The zero-order chi connectivity index (χ0) is 18.1. The van der Waals surface area contributed by atoms with Crippen molar-refractivity contribution in [2.45, 2.75) is 58.3 Å². The summed E-state index contributed by atoms with van der Waals surface area (Å²) in [6.45, 7) is 2.68. The SMILES string of the molecule is CCCCCCCCCCOc1c(O)c(=O)oc2ccc(OC)cc12. The molecule has 0 aliphatic heterocycles. The van der Waals surface area contributed by atoms with Gasteiger partial charge in [-0.2, -0.15) is 0 Å². The highest BCUT2D eigenvalue weighted by Gasteiger charge is 2.16. The molecule has 1 aromatic heterocycles. The van der Waals surface area contributed by atoms with Crippen molar-refractivity contribution in [2.24, 2.45) is 0 Å². The number of hydrogen-bond donors (Lipinski definition) is 1. The molecule has 0 aliphatic rings. The van der Waals surface area contributed by atoms with Gasteiger partial charge < -0.3 is 19.0 Å². The monoisotopic (exact) mass is 348 g/mol. The normalized spacial score (nSPS) is 11.0. The maximum atomic E-state index is 11.7. The van der Waals surface area contributed by atoms with Gasteiger partial charge in [0.1, 0.15) is 11.3 Å². The lowest BCUT2D eigenvalue weighted by molar-refractivity contribution is 0.285. The molecule has 0 radical (unpaired) electrons. The number of benzene rings is 1. The molecule has 138 valence electrons. The van der Waals surface area contributed by atoms with Gasteiger partial charge >= 0.3 is 5.63 Å². The fraction of sp³-hybridized carbons (Fsp3) is 0.550. The minimum absolute atomic E-state index is 0.174. The van der Waals surface area contributed by atoms with Crippen molar-refractivity contribution >= 4 is 11.0 Å². The van der Waals surface area contributed by atoms with Gasteiger partial charge in [0, 0.05) is 0 Å².